The first-order valence-electron chi connectivity index (χ1n) is 3.92. The Labute approximate surface area is 67.0 Å². The van der Waals surface area contributed by atoms with E-state index in [1.165, 1.54) is 0 Å². The lowest BCUT2D eigenvalue weighted by Gasteiger charge is -2.31. The van der Waals surface area contributed by atoms with Crippen LogP contribution in [0.5, 0.6) is 0 Å². The van der Waals surface area contributed by atoms with Crippen LogP contribution in [0.1, 0.15) is 27.2 Å². The molecule has 11 heavy (non-hydrogen) atoms. The number of rotatable bonds is 0. The van der Waals surface area contributed by atoms with E-state index in [1.54, 1.807) is 4.90 Å². The SMILES string of the molecule is CC(C)(C)N1CC[C@@H](O)C1=O. The molecule has 3 nitrogen and oxygen atoms in total. The van der Waals surface area contributed by atoms with E-state index in [2.05, 4.69) is 0 Å². The molecular weight excluding hydrogens is 142 g/mol. The summed E-state index contributed by atoms with van der Waals surface area (Å²) in [7, 11) is 0. The molecule has 1 aliphatic rings. The molecule has 0 radical (unpaired) electrons. The van der Waals surface area contributed by atoms with E-state index in [1.807, 2.05) is 20.8 Å². The Morgan fingerprint density at radius 2 is 2.09 bits per heavy atom. The van der Waals surface area contributed by atoms with Crippen molar-refractivity contribution in [3.8, 4) is 0 Å². The fourth-order valence-electron chi connectivity index (χ4n) is 1.33. The molecule has 1 amide bonds. The topological polar surface area (TPSA) is 40.5 Å². The molecule has 1 N–H and O–H groups in total. The minimum atomic E-state index is -0.755. The maximum absolute atomic E-state index is 11.2. The number of nitrogens with zero attached hydrogens (tertiary/aromatic N) is 1. The summed E-state index contributed by atoms with van der Waals surface area (Å²) in [5.41, 5.74) is -0.144. The number of carbonyl (C=O) groups is 1. The van der Waals surface area contributed by atoms with E-state index < -0.39 is 6.10 Å². The molecule has 0 spiro atoms. The fourth-order valence-corrected chi connectivity index (χ4v) is 1.33. The maximum atomic E-state index is 11.2. The maximum Gasteiger partial charge on any atom is 0.251 e. The molecule has 0 saturated carbocycles. The van der Waals surface area contributed by atoms with E-state index in [0.29, 0.717) is 13.0 Å². The number of carbonyl (C=O) groups excluding carboxylic acids is 1. The van der Waals surface area contributed by atoms with Gasteiger partial charge in [0.2, 0.25) is 0 Å². The van der Waals surface area contributed by atoms with Crippen LogP contribution in [0.25, 0.3) is 0 Å². The molecule has 1 heterocycles. The molecule has 1 atom stereocenters. The molecule has 0 aliphatic carbocycles. The number of amides is 1. The van der Waals surface area contributed by atoms with E-state index >= 15 is 0 Å². The highest BCUT2D eigenvalue weighted by atomic mass is 16.3. The lowest BCUT2D eigenvalue weighted by molar-refractivity contribution is -0.138. The third-order valence-electron chi connectivity index (χ3n) is 1.99. The van der Waals surface area contributed by atoms with Gasteiger partial charge in [0.1, 0.15) is 6.10 Å². The first kappa shape index (κ1) is 8.53. The zero-order chi connectivity index (χ0) is 8.65. The minimum absolute atomic E-state index is 0.127. The van der Waals surface area contributed by atoms with E-state index in [9.17, 15) is 4.79 Å². The summed E-state index contributed by atoms with van der Waals surface area (Å²) in [4.78, 5) is 12.9. The summed E-state index contributed by atoms with van der Waals surface area (Å²) in [5, 5.41) is 9.14. The molecular formula is C8H15NO2. The van der Waals surface area contributed by atoms with E-state index in [-0.39, 0.29) is 11.4 Å². The van der Waals surface area contributed by atoms with Crippen LogP contribution in [-0.4, -0.2) is 34.1 Å². The molecule has 0 unspecified atom stereocenters. The van der Waals surface area contributed by atoms with Gasteiger partial charge in [0.05, 0.1) is 0 Å². The van der Waals surface area contributed by atoms with Gasteiger partial charge in [0, 0.05) is 12.1 Å². The molecule has 1 aliphatic heterocycles. The number of hydrogen-bond acceptors (Lipinski definition) is 2. The number of likely N-dealkylation sites (tertiary alicyclic amines) is 1. The van der Waals surface area contributed by atoms with Gasteiger partial charge in [-0.3, -0.25) is 4.79 Å². The molecule has 0 aromatic heterocycles. The van der Waals surface area contributed by atoms with Gasteiger partial charge < -0.3 is 10.0 Å². The lowest BCUT2D eigenvalue weighted by atomic mass is 10.1. The summed E-state index contributed by atoms with van der Waals surface area (Å²) < 4.78 is 0. The Hall–Kier alpha value is -0.570. The average molecular weight is 157 g/mol. The van der Waals surface area contributed by atoms with Crippen LogP contribution in [0.3, 0.4) is 0 Å². The summed E-state index contributed by atoms with van der Waals surface area (Å²) in [6.07, 6.45) is -0.176. The fraction of sp³-hybridized carbons (Fsp3) is 0.875. The molecule has 0 bridgehead atoms. The number of aliphatic hydroxyl groups is 1. The van der Waals surface area contributed by atoms with Gasteiger partial charge in [-0.2, -0.15) is 0 Å². The molecule has 1 fully saturated rings. The Balaban J connectivity index is 2.70. The van der Waals surface area contributed by atoms with Crippen molar-refractivity contribution in [3.63, 3.8) is 0 Å². The highest BCUT2D eigenvalue weighted by molar-refractivity contribution is 5.83. The summed E-state index contributed by atoms with van der Waals surface area (Å²) in [6, 6.07) is 0. The average Bonchev–Trinajstić information content (AvgIpc) is 2.11. The van der Waals surface area contributed by atoms with Crippen molar-refractivity contribution in [2.45, 2.75) is 38.8 Å². The van der Waals surface area contributed by atoms with Gasteiger partial charge in [-0.1, -0.05) is 0 Å². The van der Waals surface area contributed by atoms with Crippen LogP contribution < -0.4 is 0 Å². The van der Waals surface area contributed by atoms with E-state index in [0.717, 1.165) is 0 Å². The van der Waals surface area contributed by atoms with Crippen molar-refractivity contribution in [2.24, 2.45) is 0 Å². The second kappa shape index (κ2) is 2.48. The predicted molar refractivity (Wildman–Crippen MR) is 42.1 cm³/mol. The third kappa shape index (κ3) is 1.53. The normalized spacial score (nSPS) is 26.4. The number of aliphatic hydroxyl groups excluding tert-OH is 1. The van der Waals surface area contributed by atoms with Crippen molar-refractivity contribution in [3.05, 3.63) is 0 Å². The van der Waals surface area contributed by atoms with Crippen LogP contribution in [0.15, 0.2) is 0 Å². The van der Waals surface area contributed by atoms with Gasteiger partial charge in [0.25, 0.3) is 5.91 Å². The molecule has 0 aromatic rings. The minimum Gasteiger partial charge on any atom is -0.383 e. The Bertz CT molecular complexity index is 171. The third-order valence-corrected chi connectivity index (χ3v) is 1.99. The van der Waals surface area contributed by atoms with Crippen molar-refractivity contribution in [1.29, 1.82) is 0 Å². The van der Waals surface area contributed by atoms with Crippen LogP contribution in [0.2, 0.25) is 0 Å². The van der Waals surface area contributed by atoms with Crippen molar-refractivity contribution in [2.75, 3.05) is 6.54 Å². The summed E-state index contributed by atoms with van der Waals surface area (Å²) >= 11 is 0. The Kier molecular flexibility index (Phi) is 1.92. The largest absolute Gasteiger partial charge is 0.383 e. The second-order valence-electron chi connectivity index (χ2n) is 3.97. The van der Waals surface area contributed by atoms with Gasteiger partial charge >= 0.3 is 0 Å². The molecule has 0 aromatic carbocycles. The van der Waals surface area contributed by atoms with Crippen LogP contribution in [0.4, 0.5) is 0 Å². The molecule has 1 saturated heterocycles. The Morgan fingerprint density at radius 1 is 1.55 bits per heavy atom. The molecule has 3 heteroatoms. The molecule has 1 rings (SSSR count). The highest BCUT2D eigenvalue weighted by Gasteiger charge is 2.36. The summed E-state index contributed by atoms with van der Waals surface area (Å²) in [6.45, 7) is 6.61. The zero-order valence-corrected chi connectivity index (χ0v) is 7.29. The standard InChI is InChI=1S/C8H15NO2/c1-8(2,3)9-5-4-6(10)7(9)11/h6,10H,4-5H2,1-3H3/t6-/m1/s1. The predicted octanol–water partition coefficient (Wildman–Crippen LogP) is 0.378. The van der Waals surface area contributed by atoms with Gasteiger partial charge in [0.15, 0.2) is 0 Å². The van der Waals surface area contributed by atoms with Crippen LogP contribution in [0, 0.1) is 0 Å². The van der Waals surface area contributed by atoms with Gasteiger partial charge in [-0.05, 0) is 27.2 Å². The van der Waals surface area contributed by atoms with Gasteiger partial charge in [-0.25, -0.2) is 0 Å². The monoisotopic (exact) mass is 157 g/mol. The first-order chi connectivity index (χ1) is 4.93. The zero-order valence-electron chi connectivity index (χ0n) is 7.29. The summed E-state index contributed by atoms with van der Waals surface area (Å²) in [5.74, 6) is -0.127. The van der Waals surface area contributed by atoms with Crippen LogP contribution in [-0.2, 0) is 4.79 Å². The lowest BCUT2D eigenvalue weighted by Crippen LogP contribution is -2.43. The van der Waals surface area contributed by atoms with Crippen molar-refractivity contribution < 1.29 is 9.90 Å². The van der Waals surface area contributed by atoms with Crippen LogP contribution >= 0.6 is 0 Å². The first-order valence-corrected chi connectivity index (χ1v) is 3.92. The molecule has 64 valence electrons. The van der Waals surface area contributed by atoms with Crippen molar-refractivity contribution in [1.82, 2.24) is 4.90 Å². The smallest absolute Gasteiger partial charge is 0.251 e. The second-order valence-corrected chi connectivity index (χ2v) is 3.97. The van der Waals surface area contributed by atoms with E-state index in [4.69, 9.17) is 5.11 Å². The highest BCUT2D eigenvalue weighted by Crippen LogP contribution is 2.21. The van der Waals surface area contributed by atoms with Crippen molar-refractivity contribution >= 4 is 5.91 Å². The van der Waals surface area contributed by atoms with Gasteiger partial charge in [-0.15, -0.1) is 0 Å². The quantitative estimate of drug-likeness (QED) is 0.552. The Morgan fingerprint density at radius 3 is 2.27 bits per heavy atom. The number of hydrogen-bond donors (Lipinski definition) is 1.